The van der Waals surface area contributed by atoms with Gasteiger partial charge in [0.2, 0.25) is 15.9 Å². The number of piperidine rings is 1. The van der Waals surface area contributed by atoms with Gasteiger partial charge in [0, 0.05) is 19.1 Å². The minimum Gasteiger partial charge on any atom is -0.352 e. The van der Waals surface area contributed by atoms with Crippen molar-refractivity contribution in [2.24, 2.45) is 5.73 Å². The molecule has 3 N–H and O–H groups in total. The lowest BCUT2D eigenvalue weighted by molar-refractivity contribution is -0.128. The van der Waals surface area contributed by atoms with Crippen molar-refractivity contribution in [2.45, 2.75) is 62.3 Å². The number of hydrogen-bond acceptors (Lipinski definition) is 4. The largest absolute Gasteiger partial charge is 0.352 e. The van der Waals surface area contributed by atoms with E-state index in [1.54, 1.807) is 4.31 Å². The number of nitrogens with two attached hydrogens (primary N) is 1. The summed E-state index contributed by atoms with van der Waals surface area (Å²) < 4.78 is 26.7. The van der Waals surface area contributed by atoms with Gasteiger partial charge in [-0.1, -0.05) is 49.6 Å². The van der Waals surface area contributed by atoms with Gasteiger partial charge in [-0.15, -0.1) is 0 Å². The van der Waals surface area contributed by atoms with Crippen molar-refractivity contribution >= 4 is 15.9 Å². The maximum Gasteiger partial charge on any atom is 0.240 e. The summed E-state index contributed by atoms with van der Waals surface area (Å²) in [6, 6.07) is 9.24. The second-order valence-corrected chi connectivity index (χ2v) is 9.57. The van der Waals surface area contributed by atoms with Crippen molar-refractivity contribution in [1.29, 1.82) is 0 Å². The Morgan fingerprint density at radius 2 is 1.73 bits per heavy atom. The lowest BCUT2D eigenvalue weighted by atomic mass is 9.81. The molecule has 1 aliphatic carbocycles. The van der Waals surface area contributed by atoms with Crippen molar-refractivity contribution in [3.05, 3.63) is 35.9 Å². The third kappa shape index (κ3) is 4.64. The SMILES string of the molecule is NC1(C(=O)NC2CCN(S(=O)(=O)Cc3ccccc3)CC2)CCCCC1. The van der Waals surface area contributed by atoms with E-state index >= 15 is 0 Å². The Morgan fingerprint density at radius 3 is 2.35 bits per heavy atom. The first-order valence-electron chi connectivity index (χ1n) is 9.51. The van der Waals surface area contributed by atoms with Crippen molar-refractivity contribution in [2.75, 3.05) is 13.1 Å². The summed E-state index contributed by atoms with van der Waals surface area (Å²) in [4.78, 5) is 12.5. The zero-order chi connectivity index (χ0) is 18.6. The van der Waals surface area contributed by atoms with Gasteiger partial charge in [0.05, 0.1) is 11.3 Å². The monoisotopic (exact) mass is 379 g/mol. The summed E-state index contributed by atoms with van der Waals surface area (Å²) >= 11 is 0. The van der Waals surface area contributed by atoms with Crippen LogP contribution in [0.3, 0.4) is 0 Å². The highest BCUT2D eigenvalue weighted by Gasteiger charge is 2.37. The van der Waals surface area contributed by atoms with E-state index in [0.29, 0.717) is 25.9 Å². The van der Waals surface area contributed by atoms with E-state index in [9.17, 15) is 13.2 Å². The summed E-state index contributed by atoms with van der Waals surface area (Å²) in [6.07, 6.45) is 5.89. The Bertz CT molecular complexity index is 707. The van der Waals surface area contributed by atoms with Gasteiger partial charge in [-0.3, -0.25) is 4.79 Å². The second-order valence-electron chi connectivity index (χ2n) is 7.61. The Kier molecular flexibility index (Phi) is 5.99. The number of hydrogen-bond donors (Lipinski definition) is 2. The summed E-state index contributed by atoms with van der Waals surface area (Å²) in [5, 5.41) is 3.07. The summed E-state index contributed by atoms with van der Waals surface area (Å²) in [5.41, 5.74) is 6.34. The van der Waals surface area contributed by atoms with Crippen LogP contribution in [0.1, 0.15) is 50.5 Å². The van der Waals surface area contributed by atoms with Crippen LogP contribution in [0.25, 0.3) is 0 Å². The first-order valence-corrected chi connectivity index (χ1v) is 11.1. The van der Waals surface area contributed by atoms with Crippen LogP contribution in [0.4, 0.5) is 0 Å². The average molecular weight is 380 g/mol. The number of nitrogens with one attached hydrogen (secondary N) is 1. The van der Waals surface area contributed by atoms with Gasteiger partial charge in [-0.05, 0) is 31.2 Å². The Morgan fingerprint density at radius 1 is 1.12 bits per heavy atom. The van der Waals surface area contributed by atoms with E-state index in [1.165, 1.54) is 0 Å². The smallest absolute Gasteiger partial charge is 0.240 e. The molecule has 1 heterocycles. The fourth-order valence-electron chi connectivity index (χ4n) is 3.89. The van der Waals surface area contributed by atoms with Crippen LogP contribution in [0.5, 0.6) is 0 Å². The molecule has 6 nitrogen and oxygen atoms in total. The number of amides is 1. The first-order chi connectivity index (χ1) is 12.4. The van der Waals surface area contributed by atoms with Gasteiger partial charge in [0.15, 0.2) is 0 Å². The number of rotatable bonds is 5. The highest BCUT2D eigenvalue weighted by Crippen LogP contribution is 2.27. The predicted molar refractivity (Wildman–Crippen MR) is 102 cm³/mol. The molecule has 2 fully saturated rings. The highest BCUT2D eigenvalue weighted by atomic mass is 32.2. The van der Waals surface area contributed by atoms with Crippen molar-refractivity contribution in [1.82, 2.24) is 9.62 Å². The molecule has 1 aromatic rings. The molecule has 0 radical (unpaired) electrons. The number of benzene rings is 1. The molecule has 2 aliphatic rings. The lowest BCUT2D eigenvalue weighted by Gasteiger charge is -2.36. The van der Waals surface area contributed by atoms with E-state index in [4.69, 9.17) is 5.73 Å². The van der Waals surface area contributed by atoms with Gasteiger partial charge in [-0.2, -0.15) is 0 Å². The average Bonchev–Trinajstić information content (AvgIpc) is 2.63. The van der Waals surface area contributed by atoms with Gasteiger partial charge >= 0.3 is 0 Å². The third-order valence-electron chi connectivity index (χ3n) is 5.57. The van der Waals surface area contributed by atoms with E-state index in [0.717, 1.165) is 37.7 Å². The first kappa shape index (κ1) is 19.3. The molecule has 1 aliphatic heterocycles. The normalized spacial score (nSPS) is 22.0. The Balaban J connectivity index is 1.51. The van der Waals surface area contributed by atoms with E-state index < -0.39 is 15.6 Å². The van der Waals surface area contributed by atoms with Crippen LogP contribution < -0.4 is 11.1 Å². The van der Waals surface area contributed by atoms with Crippen LogP contribution in [0.2, 0.25) is 0 Å². The predicted octanol–water partition coefficient (Wildman–Crippen LogP) is 1.76. The molecule has 0 spiro atoms. The Labute approximate surface area is 156 Å². The topological polar surface area (TPSA) is 92.5 Å². The van der Waals surface area contributed by atoms with Crippen LogP contribution in [-0.2, 0) is 20.6 Å². The molecular formula is C19H29N3O3S. The van der Waals surface area contributed by atoms with Crippen molar-refractivity contribution in [3.8, 4) is 0 Å². The van der Waals surface area contributed by atoms with Crippen LogP contribution in [0, 0.1) is 0 Å². The quantitative estimate of drug-likeness (QED) is 0.815. The maximum absolute atomic E-state index is 12.6. The van der Waals surface area contributed by atoms with Crippen LogP contribution in [0.15, 0.2) is 30.3 Å². The molecule has 3 rings (SSSR count). The lowest BCUT2D eigenvalue weighted by Crippen LogP contribution is -2.58. The minimum atomic E-state index is -3.32. The maximum atomic E-state index is 12.6. The van der Waals surface area contributed by atoms with Gasteiger partial charge < -0.3 is 11.1 Å². The van der Waals surface area contributed by atoms with E-state index in [1.807, 2.05) is 30.3 Å². The van der Waals surface area contributed by atoms with Crippen molar-refractivity contribution in [3.63, 3.8) is 0 Å². The molecule has 7 heteroatoms. The number of sulfonamides is 1. The van der Waals surface area contributed by atoms with Gasteiger partial charge in [0.1, 0.15) is 0 Å². The second kappa shape index (κ2) is 8.06. The third-order valence-corrected chi connectivity index (χ3v) is 7.42. The molecule has 1 aromatic carbocycles. The number of carbonyl (C=O) groups excluding carboxylic acids is 1. The molecule has 1 saturated carbocycles. The Hall–Kier alpha value is -1.44. The molecule has 1 amide bonds. The highest BCUT2D eigenvalue weighted by molar-refractivity contribution is 7.88. The fraction of sp³-hybridized carbons (Fsp3) is 0.632. The number of carbonyl (C=O) groups is 1. The summed E-state index contributed by atoms with van der Waals surface area (Å²) in [6.45, 7) is 0.884. The van der Waals surface area contributed by atoms with Gasteiger partial charge in [0.25, 0.3) is 0 Å². The van der Waals surface area contributed by atoms with Gasteiger partial charge in [-0.25, -0.2) is 12.7 Å². The molecule has 26 heavy (non-hydrogen) atoms. The molecule has 0 aromatic heterocycles. The fourth-order valence-corrected chi connectivity index (χ4v) is 5.46. The van der Waals surface area contributed by atoms with Crippen LogP contribution >= 0.6 is 0 Å². The standard InChI is InChI=1S/C19H29N3O3S/c20-19(11-5-2-6-12-19)18(23)21-17-9-13-22(14-10-17)26(24,25)15-16-7-3-1-4-8-16/h1,3-4,7-8,17H,2,5-6,9-15,20H2,(H,21,23). The minimum absolute atomic E-state index is 0.00743. The molecule has 1 saturated heterocycles. The van der Waals surface area contributed by atoms with Crippen molar-refractivity contribution < 1.29 is 13.2 Å². The molecule has 144 valence electrons. The summed E-state index contributed by atoms with van der Waals surface area (Å²) in [7, 11) is -3.32. The molecule has 0 unspecified atom stereocenters. The summed E-state index contributed by atoms with van der Waals surface area (Å²) in [5.74, 6) is -0.0423. The zero-order valence-corrected chi connectivity index (χ0v) is 16.0. The van der Waals surface area contributed by atoms with Crippen LogP contribution in [-0.4, -0.2) is 43.3 Å². The van der Waals surface area contributed by atoms with E-state index in [2.05, 4.69) is 5.32 Å². The molecule has 0 bridgehead atoms. The molecule has 0 atom stereocenters. The number of nitrogens with zero attached hydrogens (tertiary/aromatic N) is 1. The van der Waals surface area contributed by atoms with E-state index in [-0.39, 0.29) is 17.7 Å². The zero-order valence-electron chi connectivity index (χ0n) is 15.2. The molecular weight excluding hydrogens is 350 g/mol.